The summed E-state index contributed by atoms with van der Waals surface area (Å²) in [7, 11) is 1.73. The molecule has 3 rings (SSSR count). The van der Waals surface area contributed by atoms with E-state index in [0.717, 1.165) is 11.4 Å². The monoisotopic (exact) mass is 372 g/mol. The molecule has 0 spiro atoms. The van der Waals surface area contributed by atoms with Crippen LogP contribution in [-0.4, -0.2) is 82.5 Å². The van der Waals surface area contributed by atoms with E-state index in [2.05, 4.69) is 5.10 Å². The summed E-state index contributed by atoms with van der Waals surface area (Å²) in [6, 6.07) is 9.68. The lowest BCUT2D eigenvalue weighted by Gasteiger charge is -2.34. The number of carbonyl (C=O) groups excluding carboxylic acids is 1. The summed E-state index contributed by atoms with van der Waals surface area (Å²) in [6.45, 7) is 3.65. The van der Waals surface area contributed by atoms with Crippen molar-refractivity contribution in [2.24, 2.45) is 0 Å². The molecule has 144 valence electrons. The Hall–Kier alpha value is -2.71. The maximum Gasteiger partial charge on any atom is 0.317 e. The number of hydrogen-bond acceptors (Lipinski definition) is 5. The smallest absolute Gasteiger partial charge is 0.317 e. The highest BCUT2D eigenvalue weighted by atomic mass is 16.5. The number of benzene rings is 1. The van der Waals surface area contributed by atoms with Crippen molar-refractivity contribution in [3.05, 3.63) is 47.8 Å². The molecule has 27 heavy (non-hydrogen) atoms. The molecular weight excluding hydrogens is 348 g/mol. The molecule has 0 aliphatic carbocycles. The SMILES string of the molecule is Cc1c(C(=O)N2CCOC(CN(C)CC(=O)O)C2)cnn1-c1ccccc1. The molecule has 1 aromatic carbocycles. The van der Waals surface area contributed by atoms with E-state index in [9.17, 15) is 9.59 Å². The van der Waals surface area contributed by atoms with E-state index in [-0.39, 0.29) is 18.6 Å². The first-order valence-electron chi connectivity index (χ1n) is 8.87. The van der Waals surface area contributed by atoms with E-state index < -0.39 is 5.97 Å². The van der Waals surface area contributed by atoms with Gasteiger partial charge in [0.15, 0.2) is 0 Å². The quantitative estimate of drug-likeness (QED) is 0.815. The molecule has 0 radical (unpaired) electrons. The number of amides is 1. The third-order valence-electron chi connectivity index (χ3n) is 4.59. The molecule has 8 nitrogen and oxygen atoms in total. The van der Waals surface area contributed by atoms with Gasteiger partial charge >= 0.3 is 5.97 Å². The largest absolute Gasteiger partial charge is 0.480 e. The lowest BCUT2D eigenvalue weighted by molar-refractivity contribution is -0.138. The standard InChI is InChI=1S/C19H24N4O4/c1-14-17(10-20-23(14)15-6-4-3-5-7-15)19(26)22-8-9-27-16(12-22)11-21(2)13-18(24)25/h3-7,10,16H,8-9,11-13H2,1-2H3,(H,24,25). The Labute approximate surface area is 157 Å². The minimum atomic E-state index is -0.884. The second kappa shape index (κ2) is 8.32. The van der Waals surface area contributed by atoms with Gasteiger partial charge in [0, 0.05) is 19.6 Å². The molecule has 0 bridgehead atoms. The fourth-order valence-electron chi connectivity index (χ4n) is 3.28. The van der Waals surface area contributed by atoms with Crippen LogP contribution in [0.4, 0.5) is 0 Å². The predicted molar refractivity (Wildman–Crippen MR) is 99.1 cm³/mol. The molecule has 1 N–H and O–H groups in total. The third-order valence-corrected chi connectivity index (χ3v) is 4.59. The van der Waals surface area contributed by atoms with E-state index in [0.29, 0.717) is 31.8 Å². The van der Waals surface area contributed by atoms with Crippen molar-refractivity contribution in [1.29, 1.82) is 0 Å². The number of nitrogens with zero attached hydrogens (tertiary/aromatic N) is 4. The number of para-hydroxylation sites is 1. The molecule has 1 unspecified atom stereocenters. The van der Waals surface area contributed by atoms with Crippen LogP contribution in [-0.2, 0) is 9.53 Å². The van der Waals surface area contributed by atoms with Crippen molar-refractivity contribution in [3.8, 4) is 5.69 Å². The average molecular weight is 372 g/mol. The molecule has 1 aliphatic rings. The highest BCUT2D eigenvalue weighted by Crippen LogP contribution is 2.17. The van der Waals surface area contributed by atoms with Crippen molar-refractivity contribution < 1.29 is 19.4 Å². The maximum absolute atomic E-state index is 13.0. The molecule has 1 fully saturated rings. The number of aliphatic carboxylic acids is 1. The summed E-state index contributed by atoms with van der Waals surface area (Å²) in [5.41, 5.74) is 2.26. The third kappa shape index (κ3) is 4.53. The van der Waals surface area contributed by atoms with E-state index in [1.807, 2.05) is 37.3 Å². The Morgan fingerprint density at radius 2 is 2.07 bits per heavy atom. The van der Waals surface area contributed by atoms with Crippen LogP contribution in [0.15, 0.2) is 36.5 Å². The normalized spacial score (nSPS) is 17.3. The zero-order chi connectivity index (χ0) is 19.4. The van der Waals surface area contributed by atoms with Crippen molar-refractivity contribution in [3.63, 3.8) is 0 Å². The molecule has 0 saturated carbocycles. The van der Waals surface area contributed by atoms with Crippen molar-refractivity contribution >= 4 is 11.9 Å². The average Bonchev–Trinajstić information content (AvgIpc) is 3.02. The van der Waals surface area contributed by atoms with Gasteiger partial charge in [0.2, 0.25) is 0 Å². The van der Waals surface area contributed by atoms with Gasteiger partial charge in [-0.3, -0.25) is 14.5 Å². The van der Waals surface area contributed by atoms with Gasteiger partial charge < -0.3 is 14.7 Å². The summed E-state index contributed by atoms with van der Waals surface area (Å²) in [5.74, 6) is -0.964. The lowest BCUT2D eigenvalue weighted by Crippen LogP contribution is -2.49. The molecule has 8 heteroatoms. The van der Waals surface area contributed by atoms with Crippen LogP contribution in [0, 0.1) is 6.92 Å². The number of likely N-dealkylation sites (N-methyl/N-ethyl adjacent to an activating group) is 1. The highest BCUT2D eigenvalue weighted by molar-refractivity contribution is 5.95. The van der Waals surface area contributed by atoms with Gasteiger partial charge in [-0.2, -0.15) is 5.10 Å². The molecule has 2 aromatic rings. The number of rotatable bonds is 6. The summed E-state index contributed by atoms with van der Waals surface area (Å²) < 4.78 is 7.46. The van der Waals surface area contributed by atoms with Crippen LogP contribution in [0.5, 0.6) is 0 Å². The Kier molecular flexibility index (Phi) is 5.88. The number of aromatic nitrogens is 2. The van der Waals surface area contributed by atoms with E-state index in [1.165, 1.54) is 0 Å². The van der Waals surface area contributed by atoms with Crippen molar-refractivity contribution in [2.45, 2.75) is 13.0 Å². The van der Waals surface area contributed by atoms with E-state index in [1.54, 1.807) is 27.7 Å². The van der Waals surface area contributed by atoms with E-state index >= 15 is 0 Å². The molecule has 1 saturated heterocycles. The number of carbonyl (C=O) groups is 2. The predicted octanol–water partition coefficient (Wildman–Crippen LogP) is 1.04. The maximum atomic E-state index is 13.0. The molecule has 1 aliphatic heterocycles. The van der Waals surface area contributed by atoms with E-state index in [4.69, 9.17) is 9.84 Å². The first-order chi connectivity index (χ1) is 13.0. The molecular formula is C19H24N4O4. The van der Waals surface area contributed by atoms with Crippen molar-refractivity contribution in [1.82, 2.24) is 19.6 Å². The van der Waals surface area contributed by atoms with Crippen LogP contribution in [0.25, 0.3) is 5.69 Å². The van der Waals surface area contributed by atoms with Gasteiger partial charge in [0.25, 0.3) is 5.91 Å². The number of carboxylic acid groups (broad SMARTS) is 1. The Bertz CT molecular complexity index is 805. The summed E-state index contributed by atoms with van der Waals surface area (Å²) in [5, 5.41) is 13.2. The fraction of sp³-hybridized carbons (Fsp3) is 0.421. The van der Waals surface area contributed by atoms with Gasteiger partial charge in [0.05, 0.1) is 42.4 Å². The van der Waals surface area contributed by atoms with Crippen molar-refractivity contribution in [2.75, 3.05) is 39.8 Å². The zero-order valence-corrected chi connectivity index (χ0v) is 15.5. The highest BCUT2D eigenvalue weighted by Gasteiger charge is 2.28. The van der Waals surface area contributed by atoms with Crippen LogP contribution in [0.2, 0.25) is 0 Å². The first-order valence-corrected chi connectivity index (χ1v) is 8.87. The summed E-state index contributed by atoms with van der Waals surface area (Å²) >= 11 is 0. The fourth-order valence-corrected chi connectivity index (χ4v) is 3.28. The van der Waals surface area contributed by atoms with Gasteiger partial charge in [-0.15, -0.1) is 0 Å². The number of carboxylic acids is 1. The number of morpholine rings is 1. The molecule has 1 aromatic heterocycles. The Morgan fingerprint density at radius 1 is 1.33 bits per heavy atom. The number of ether oxygens (including phenoxy) is 1. The summed E-state index contributed by atoms with van der Waals surface area (Å²) in [6.07, 6.45) is 1.39. The topological polar surface area (TPSA) is 87.9 Å². The zero-order valence-electron chi connectivity index (χ0n) is 15.5. The van der Waals surface area contributed by atoms with Crippen LogP contribution >= 0.6 is 0 Å². The van der Waals surface area contributed by atoms with Gasteiger partial charge in [0.1, 0.15) is 0 Å². The lowest BCUT2D eigenvalue weighted by atomic mass is 10.2. The molecule has 1 atom stereocenters. The van der Waals surface area contributed by atoms with Crippen LogP contribution < -0.4 is 0 Å². The Balaban J connectivity index is 1.69. The second-order valence-electron chi connectivity index (χ2n) is 6.73. The van der Waals surface area contributed by atoms with Gasteiger partial charge in [-0.25, -0.2) is 4.68 Å². The molecule has 1 amide bonds. The van der Waals surface area contributed by atoms with Crippen LogP contribution in [0.3, 0.4) is 0 Å². The minimum absolute atomic E-state index is 0.0588. The number of hydrogen-bond donors (Lipinski definition) is 1. The molecule has 2 heterocycles. The van der Waals surface area contributed by atoms with Crippen LogP contribution in [0.1, 0.15) is 16.1 Å². The second-order valence-corrected chi connectivity index (χ2v) is 6.73. The van der Waals surface area contributed by atoms with Gasteiger partial charge in [-0.1, -0.05) is 18.2 Å². The first kappa shape index (κ1) is 19.1. The Morgan fingerprint density at radius 3 is 2.78 bits per heavy atom. The summed E-state index contributed by atoms with van der Waals surface area (Å²) in [4.78, 5) is 27.2. The minimum Gasteiger partial charge on any atom is -0.480 e. The van der Waals surface area contributed by atoms with Gasteiger partial charge in [-0.05, 0) is 26.1 Å².